The van der Waals surface area contributed by atoms with Gasteiger partial charge in [0.1, 0.15) is 12.7 Å². The van der Waals surface area contributed by atoms with Crippen LogP contribution in [0.2, 0.25) is 0 Å². The van der Waals surface area contributed by atoms with E-state index in [0.29, 0.717) is 11.8 Å². The maximum atomic E-state index is 13.6. The highest BCUT2D eigenvalue weighted by molar-refractivity contribution is 5.88. The molecule has 4 rings (SSSR count). The third kappa shape index (κ3) is 3.20. The summed E-state index contributed by atoms with van der Waals surface area (Å²) in [6.45, 7) is 2.58. The first-order chi connectivity index (χ1) is 12.3. The Hall–Kier alpha value is -2.17. The molecule has 1 atom stereocenters. The summed E-state index contributed by atoms with van der Waals surface area (Å²) in [6.07, 6.45) is 9.85. The molecule has 1 saturated heterocycles. The third-order valence-corrected chi connectivity index (χ3v) is 5.91. The fourth-order valence-electron chi connectivity index (χ4n) is 4.65. The number of rotatable bonds is 4. The van der Waals surface area contributed by atoms with Gasteiger partial charge in [0, 0.05) is 19.6 Å². The average Bonchev–Trinajstić information content (AvgIpc) is 3.35. The second-order valence-corrected chi connectivity index (χ2v) is 7.53. The summed E-state index contributed by atoms with van der Waals surface area (Å²) < 4.78 is 1.89. The van der Waals surface area contributed by atoms with Crippen molar-refractivity contribution in [3.8, 4) is 0 Å². The predicted octanol–water partition coefficient (Wildman–Crippen LogP) is 3.03. The first-order valence-electron chi connectivity index (χ1n) is 9.45. The Bertz CT molecular complexity index is 692. The van der Waals surface area contributed by atoms with E-state index in [1.807, 2.05) is 10.7 Å². The van der Waals surface area contributed by atoms with Crippen LogP contribution in [0.25, 0.3) is 0 Å². The average molecular weight is 338 g/mol. The summed E-state index contributed by atoms with van der Waals surface area (Å²) in [4.78, 5) is 19.7. The van der Waals surface area contributed by atoms with Crippen LogP contribution in [-0.4, -0.2) is 38.7 Å². The van der Waals surface area contributed by atoms with Crippen LogP contribution >= 0.6 is 0 Å². The van der Waals surface area contributed by atoms with Gasteiger partial charge in [0.05, 0.1) is 5.41 Å². The second kappa shape index (κ2) is 6.98. The van der Waals surface area contributed by atoms with Crippen molar-refractivity contribution in [3.63, 3.8) is 0 Å². The van der Waals surface area contributed by atoms with E-state index in [4.69, 9.17) is 0 Å². The summed E-state index contributed by atoms with van der Waals surface area (Å²) in [5.41, 5.74) is 0.909. The highest BCUT2D eigenvalue weighted by Crippen LogP contribution is 2.43. The molecule has 5 heteroatoms. The molecule has 2 heterocycles. The zero-order chi connectivity index (χ0) is 17.1. The number of aromatic nitrogens is 3. The number of carbonyl (C=O) groups is 1. The molecule has 25 heavy (non-hydrogen) atoms. The molecule has 0 spiro atoms. The van der Waals surface area contributed by atoms with Crippen LogP contribution in [0.4, 0.5) is 0 Å². The SMILES string of the molecule is O=C(N1CCCC(Cn2cncn2)C1)C1(c2ccccc2)CCCC1. The molecule has 1 amide bonds. The number of carbonyl (C=O) groups excluding carboxylic acids is 1. The van der Waals surface area contributed by atoms with E-state index < -0.39 is 0 Å². The first-order valence-corrected chi connectivity index (χ1v) is 9.45. The topological polar surface area (TPSA) is 51.0 Å². The fraction of sp³-hybridized carbons (Fsp3) is 0.550. The molecule has 0 N–H and O–H groups in total. The molecule has 1 saturated carbocycles. The number of benzene rings is 1. The van der Waals surface area contributed by atoms with Crippen molar-refractivity contribution in [1.29, 1.82) is 0 Å². The summed E-state index contributed by atoms with van der Waals surface area (Å²) in [5, 5.41) is 4.22. The monoisotopic (exact) mass is 338 g/mol. The molecule has 1 unspecified atom stereocenters. The second-order valence-electron chi connectivity index (χ2n) is 7.53. The molecule has 2 fully saturated rings. The zero-order valence-electron chi connectivity index (χ0n) is 14.7. The minimum Gasteiger partial charge on any atom is -0.342 e. The molecule has 132 valence electrons. The summed E-state index contributed by atoms with van der Waals surface area (Å²) in [5.74, 6) is 0.813. The number of piperidine rings is 1. The lowest BCUT2D eigenvalue weighted by molar-refractivity contribution is -0.139. The van der Waals surface area contributed by atoms with Gasteiger partial charge in [-0.3, -0.25) is 9.48 Å². The summed E-state index contributed by atoms with van der Waals surface area (Å²) >= 11 is 0. The Balaban J connectivity index is 1.52. The quantitative estimate of drug-likeness (QED) is 0.861. The Morgan fingerprint density at radius 3 is 2.68 bits per heavy atom. The lowest BCUT2D eigenvalue weighted by atomic mass is 9.77. The predicted molar refractivity (Wildman–Crippen MR) is 95.9 cm³/mol. The van der Waals surface area contributed by atoms with Crippen LogP contribution in [0.15, 0.2) is 43.0 Å². The van der Waals surface area contributed by atoms with Crippen molar-refractivity contribution in [2.75, 3.05) is 13.1 Å². The highest BCUT2D eigenvalue weighted by Gasteiger charge is 2.45. The van der Waals surface area contributed by atoms with Gasteiger partial charge in [0.15, 0.2) is 0 Å². The van der Waals surface area contributed by atoms with Crippen molar-refractivity contribution in [3.05, 3.63) is 48.5 Å². The summed E-state index contributed by atoms with van der Waals surface area (Å²) in [7, 11) is 0. The smallest absolute Gasteiger partial charge is 0.233 e. The molecule has 1 aromatic heterocycles. The van der Waals surface area contributed by atoms with E-state index in [1.165, 1.54) is 5.56 Å². The Morgan fingerprint density at radius 1 is 1.16 bits per heavy atom. The number of hydrogen-bond acceptors (Lipinski definition) is 3. The van der Waals surface area contributed by atoms with Crippen LogP contribution in [0.1, 0.15) is 44.1 Å². The molecule has 2 aromatic rings. The molecule has 1 aliphatic carbocycles. The molecule has 0 bridgehead atoms. The van der Waals surface area contributed by atoms with E-state index >= 15 is 0 Å². The number of nitrogens with zero attached hydrogens (tertiary/aromatic N) is 4. The minimum absolute atomic E-state index is 0.295. The largest absolute Gasteiger partial charge is 0.342 e. The van der Waals surface area contributed by atoms with Crippen molar-refractivity contribution >= 4 is 5.91 Å². The fourth-order valence-corrected chi connectivity index (χ4v) is 4.65. The van der Waals surface area contributed by atoms with Gasteiger partial charge < -0.3 is 4.90 Å². The van der Waals surface area contributed by atoms with Crippen molar-refractivity contribution in [2.45, 2.75) is 50.5 Å². The number of likely N-dealkylation sites (tertiary alicyclic amines) is 1. The molecule has 0 radical (unpaired) electrons. The number of amides is 1. The van der Waals surface area contributed by atoms with Gasteiger partial charge in [0.2, 0.25) is 5.91 Å². The molecule has 5 nitrogen and oxygen atoms in total. The Labute approximate surface area is 149 Å². The lowest BCUT2D eigenvalue weighted by Crippen LogP contribution is -2.49. The maximum Gasteiger partial charge on any atom is 0.233 e. The molecule has 1 aliphatic heterocycles. The van der Waals surface area contributed by atoms with E-state index in [0.717, 1.165) is 58.2 Å². The van der Waals surface area contributed by atoms with Crippen molar-refractivity contribution in [2.24, 2.45) is 5.92 Å². The molecule has 2 aliphatic rings. The van der Waals surface area contributed by atoms with E-state index in [1.54, 1.807) is 12.7 Å². The first kappa shape index (κ1) is 16.3. The standard InChI is InChI=1S/C20H26N4O/c25-19(20(10-4-5-11-20)18-8-2-1-3-9-18)23-12-6-7-17(13-23)14-24-16-21-15-22-24/h1-3,8-9,15-17H,4-7,10-14H2. The van der Waals surface area contributed by atoms with Crippen molar-refractivity contribution < 1.29 is 4.79 Å². The zero-order valence-corrected chi connectivity index (χ0v) is 14.7. The normalized spacial score (nSPS) is 22.9. The van der Waals surface area contributed by atoms with Crippen LogP contribution < -0.4 is 0 Å². The summed E-state index contributed by atoms with van der Waals surface area (Å²) in [6, 6.07) is 10.4. The molecular formula is C20H26N4O. The van der Waals surface area contributed by atoms with Crippen LogP contribution in [0.3, 0.4) is 0 Å². The highest BCUT2D eigenvalue weighted by atomic mass is 16.2. The maximum absolute atomic E-state index is 13.6. The van der Waals surface area contributed by atoms with Gasteiger partial charge in [-0.25, -0.2) is 4.98 Å². The van der Waals surface area contributed by atoms with Crippen LogP contribution in [-0.2, 0) is 16.8 Å². The van der Waals surface area contributed by atoms with Gasteiger partial charge in [0.25, 0.3) is 0 Å². The Morgan fingerprint density at radius 2 is 1.96 bits per heavy atom. The van der Waals surface area contributed by atoms with Crippen molar-refractivity contribution in [1.82, 2.24) is 19.7 Å². The third-order valence-electron chi connectivity index (χ3n) is 5.91. The number of hydrogen-bond donors (Lipinski definition) is 0. The van der Waals surface area contributed by atoms with E-state index in [-0.39, 0.29) is 5.41 Å². The minimum atomic E-state index is -0.295. The molecule has 1 aromatic carbocycles. The Kier molecular flexibility index (Phi) is 4.55. The van der Waals surface area contributed by atoms with E-state index in [2.05, 4.69) is 39.2 Å². The lowest BCUT2D eigenvalue weighted by Gasteiger charge is -2.39. The van der Waals surface area contributed by atoms with Gasteiger partial charge in [-0.05, 0) is 37.2 Å². The molecular weight excluding hydrogens is 312 g/mol. The van der Waals surface area contributed by atoms with Gasteiger partial charge in [-0.2, -0.15) is 5.10 Å². The van der Waals surface area contributed by atoms with Crippen LogP contribution in [0.5, 0.6) is 0 Å². The van der Waals surface area contributed by atoms with Gasteiger partial charge in [-0.15, -0.1) is 0 Å². The van der Waals surface area contributed by atoms with Gasteiger partial charge >= 0.3 is 0 Å². The van der Waals surface area contributed by atoms with Gasteiger partial charge in [-0.1, -0.05) is 43.2 Å². The van der Waals surface area contributed by atoms with E-state index in [9.17, 15) is 4.79 Å². The van der Waals surface area contributed by atoms with Crippen LogP contribution in [0, 0.1) is 5.92 Å².